The molecule has 7 nitrogen and oxygen atoms in total. The first-order valence-corrected chi connectivity index (χ1v) is 9.88. The number of amides is 4. The zero-order valence-electron chi connectivity index (χ0n) is 16.3. The molecule has 1 aromatic carbocycles. The van der Waals surface area contributed by atoms with Crippen LogP contribution in [0.1, 0.15) is 25.5 Å². The van der Waals surface area contributed by atoms with E-state index in [-0.39, 0.29) is 30.8 Å². The summed E-state index contributed by atoms with van der Waals surface area (Å²) in [5.74, 6) is 0.775. The van der Waals surface area contributed by atoms with E-state index in [0.29, 0.717) is 16.5 Å². The average molecular weight is 416 g/mol. The minimum Gasteiger partial charge on any atom is -0.459 e. The topological polar surface area (TPSA) is 82.9 Å². The molecule has 1 aliphatic carbocycles. The van der Waals surface area contributed by atoms with Gasteiger partial charge in [0.15, 0.2) is 0 Å². The fourth-order valence-corrected chi connectivity index (χ4v) is 3.73. The third-order valence-corrected chi connectivity index (χ3v) is 5.85. The molecule has 1 N–H and O–H groups in total. The predicted octanol–water partition coefficient (Wildman–Crippen LogP) is 3.28. The van der Waals surface area contributed by atoms with Crippen LogP contribution in [-0.4, -0.2) is 46.8 Å². The monoisotopic (exact) mass is 415 g/mol. The van der Waals surface area contributed by atoms with E-state index in [9.17, 15) is 14.4 Å². The smallest absolute Gasteiger partial charge is 0.325 e. The van der Waals surface area contributed by atoms with Gasteiger partial charge in [-0.25, -0.2) is 4.79 Å². The SMILES string of the molecule is CN(Cc1ccc(-c2ccc(Cl)cc2)o1)C(=O)CN1C(=O)N[C@@](C)(C2CC2)C1=O. The molecule has 1 atom stereocenters. The lowest BCUT2D eigenvalue weighted by Crippen LogP contribution is -2.47. The number of likely N-dealkylation sites (N-methyl/N-ethyl adjacent to an activating group) is 1. The van der Waals surface area contributed by atoms with Crippen molar-refractivity contribution in [3.8, 4) is 11.3 Å². The molecule has 0 bridgehead atoms. The summed E-state index contributed by atoms with van der Waals surface area (Å²) in [7, 11) is 1.62. The maximum absolute atomic E-state index is 12.7. The molecule has 2 heterocycles. The van der Waals surface area contributed by atoms with Crippen LogP contribution >= 0.6 is 11.6 Å². The van der Waals surface area contributed by atoms with Crippen molar-refractivity contribution in [2.45, 2.75) is 31.8 Å². The number of carbonyl (C=O) groups is 3. The van der Waals surface area contributed by atoms with Crippen molar-refractivity contribution >= 4 is 29.4 Å². The van der Waals surface area contributed by atoms with Gasteiger partial charge in [-0.1, -0.05) is 11.6 Å². The molecular formula is C21H22ClN3O4. The van der Waals surface area contributed by atoms with E-state index in [2.05, 4.69) is 5.32 Å². The number of hydrogen-bond donors (Lipinski definition) is 1. The Balaban J connectivity index is 1.38. The molecule has 0 radical (unpaired) electrons. The van der Waals surface area contributed by atoms with Gasteiger partial charge in [-0.15, -0.1) is 0 Å². The van der Waals surface area contributed by atoms with Crippen LogP contribution in [0.25, 0.3) is 11.3 Å². The highest BCUT2D eigenvalue weighted by Gasteiger charge is 2.56. The molecule has 2 aliphatic rings. The van der Waals surface area contributed by atoms with Gasteiger partial charge in [-0.3, -0.25) is 14.5 Å². The number of nitrogens with one attached hydrogen (secondary N) is 1. The quantitative estimate of drug-likeness (QED) is 0.734. The number of furan rings is 1. The van der Waals surface area contributed by atoms with E-state index in [1.165, 1.54) is 4.90 Å². The van der Waals surface area contributed by atoms with Crippen molar-refractivity contribution in [1.29, 1.82) is 0 Å². The molecule has 1 saturated carbocycles. The van der Waals surface area contributed by atoms with Crippen LogP contribution in [-0.2, 0) is 16.1 Å². The van der Waals surface area contributed by atoms with Gasteiger partial charge < -0.3 is 14.6 Å². The van der Waals surface area contributed by atoms with Crippen molar-refractivity contribution in [3.05, 3.63) is 47.2 Å². The van der Waals surface area contributed by atoms with E-state index < -0.39 is 11.6 Å². The fraction of sp³-hybridized carbons (Fsp3) is 0.381. The minimum atomic E-state index is -0.884. The number of halogens is 1. The van der Waals surface area contributed by atoms with Gasteiger partial charge in [0.1, 0.15) is 23.6 Å². The van der Waals surface area contributed by atoms with Gasteiger partial charge in [0.25, 0.3) is 5.91 Å². The number of urea groups is 1. The third-order valence-electron chi connectivity index (χ3n) is 5.60. The van der Waals surface area contributed by atoms with Gasteiger partial charge in [0.2, 0.25) is 5.91 Å². The number of nitrogens with zero attached hydrogens (tertiary/aromatic N) is 2. The Labute approximate surface area is 173 Å². The second-order valence-electron chi connectivity index (χ2n) is 7.82. The van der Waals surface area contributed by atoms with Crippen molar-refractivity contribution in [1.82, 2.24) is 15.1 Å². The van der Waals surface area contributed by atoms with Crippen LogP contribution in [0.5, 0.6) is 0 Å². The van der Waals surface area contributed by atoms with Crippen LogP contribution in [0.3, 0.4) is 0 Å². The molecule has 8 heteroatoms. The van der Waals surface area contributed by atoms with Gasteiger partial charge in [-0.2, -0.15) is 0 Å². The van der Waals surface area contributed by atoms with Crippen molar-refractivity contribution in [3.63, 3.8) is 0 Å². The van der Waals surface area contributed by atoms with Crippen molar-refractivity contribution < 1.29 is 18.8 Å². The summed E-state index contributed by atoms with van der Waals surface area (Å²) < 4.78 is 5.82. The maximum atomic E-state index is 12.7. The summed E-state index contributed by atoms with van der Waals surface area (Å²) in [6, 6.07) is 10.4. The molecule has 4 rings (SSSR count). The van der Waals surface area contributed by atoms with E-state index >= 15 is 0 Å². The first-order valence-electron chi connectivity index (χ1n) is 9.50. The number of carbonyl (C=O) groups excluding carboxylic acids is 3. The normalized spacial score (nSPS) is 21.4. The Kier molecular flexibility index (Phi) is 4.86. The van der Waals surface area contributed by atoms with Crippen LogP contribution in [0.15, 0.2) is 40.8 Å². The third kappa shape index (κ3) is 3.74. The molecule has 4 amide bonds. The molecule has 1 aromatic heterocycles. The summed E-state index contributed by atoms with van der Waals surface area (Å²) >= 11 is 5.91. The summed E-state index contributed by atoms with van der Waals surface area (Å²) in [6.07, 6.45) is 1.83. The molecular weight excluding hydrogens is 394 g/mol. The van der Waals surface area contributed by atoms with E-state index in [0.717, 1.165) is 23.3 Å². The molecule has 2 fully saturated rings. The van der Waals surface area contributed by atoms with Gasteiger partial charge >= 0.3 is 6.03 Å². The Morgan fingerprint density at radius 1 is 1.24 bits per heavy atom. The Bertz CT molecular complexity index is 967. The highest BCUT2D eigenvalue weighted by molar-refractivity contribution is 6.30. The standard InChI is InChI=1S/C21H22ClN3O4/c1-21(14-5-6-14)19(27)25(20(28)23-21)12-18(26)24(2)11-16-9-10-17(29-16)13-3-7-15(22)8-4-13/h3-4,7-10,14H,5-6,11-12H2,1-2H3,(H,23,28)/t21-/m0/s1. The number of imide groups is 1. The number of rotatable bonds is 6. The second-order valence-corrected chi connectivity index (χ2v) is 8.26. The molecule has 1 aliphatic heterocycles. The van der Waals surface area contributed by atoms with Crippen molar-refractivity contribution in [2.75, 3.05) is 13.6 Å². The Hall–Kier alpha value is -2.80. The number of benzene rings is 1. The van der Waals surface area contributed by atoms with Gasteiger partial charge in [0, 0.05) is 17.6 Å². The average Bonchev–Trinajstić information content (AvgIpc) is 3.41. The summed E-state index contributed by atoms with van der Waals surface area (Å²) in [6.45, 7) is 1.68. The zero-order chi connectivity index (χ0) is 20.8. The largest absolute Gasteiger partial charge is 0.459 e. The van der Waals surface area contributed by atoms with Crippen LogP contribution in [0.2, 0.25) is 5.02 Å². The first kappa shape index (κ1) is 19.5. The fourth-order valence-electron chi connectivity index (χ4n) is 3.61. The lowest BCUT2D eigenvalue weighted by atomic mass is 9.96. The summed E-state index contributed by atoms with van der Waals surface area (Å²) in [4.78, 5) is 39.9. The van der Waals surface area contributed by atoms with Gasteiger partial charge in [-0.05, 0) is 62.1 Å². The zero-order valence-corrected chi connectivity index (χ0v) is 17.0. The summed E-state index contributed by atoms with van der Waals surface area (Å²) in [5, 5.41) is 3.39. The highest BCUT2D eigenvalue weighted by atomic mass is 35.5. The summed E-state index contributed by atoms with van der Waals surface area (Å²) in [5.41, 5.74) is -0.00179. The highest BCUT2D eigenvalue weighted by Crippen LogP contribution is 2.42. The van der Waals surface area contributed by atoms with E-state index in [4.69, 9.17) is 16.0 Å². The predicted molar refractivity (Wildman–Crippen MR) is 107 cm³/mol. The lowest BCUT2D eigenvalue weighted by Gasteiger charge is -2.22. The Morgan fingerprint density at radius 3 is 2.59 bits per heavy atom. The molecule has 29 heavy (non-hydrogen) atoms. The molecule has 152 valence electrons. The molecule has 1 saturated heterocycles. The van der Waals surface area contributed by atoms with E-state index in [1.807, 2.05) is 18.2 Å². The number of hydrogen-bond acceptors (Lipinski definition) is 4. The molecule has 0 spiro atoms. The van der Waals surface area contributed by atoms with E-state index in [1.54, 1.807) is 32.2 Å². The van der Waals surface area contributed by atoms with Crippen LogP contribution in [0.4, 0.5) is 4.79 Å². The molecule has 2 aromatic rings. The van der Waals surface area contributed by atoms with Crippen LogP contribution < -0.4 is 5.32 Å². The minimum absolute atomic E-state index is 0.159. The van der Waals surface area contributed by atoms with Crippen LogP contribution in [0, 0.1) is 5.92 Å². The van der Waals surface area contributed by atoms with Gasteiger partial charge in [0.05, 0.1) is 6.54 Å². The second kappa shape index (κ2) is 7.22. The maximum Gasteiger partial charge on any atom is 0.325 e. The van der Waals surface area contributed by atoms with Crippen molar-refractivity contribution in [2.24, 2.45) is 5.92 Å². The Morgan fingerprint density at radius 2 is 1.93 bits per heavy atom. The lowest BCUT2D eigenvalue weighted by molar-refractivity contribution is -0.138. The first-order chi connectivity index (χ1) is 13.8. The molecule has 0 unspecified atom stereocenters.